The smallest absolute Gasteiger partial charge is 0.160 e. The zero-order valence-corrected chi connectivity index (χ0v) is 25.6. The van der Waals surface area contributed by atoms with Gasteiger partial charge in [-0.25, -0.2) is 9.97 Å². The maximum atomic E-state index is 5.14. The Morgan fingerprint density at radius 2 is 0.830 bits per heavy atom. The van der Waals surface area contributed by atoms with Gasteiger partial charge in [-0.1, -0.05) is 152 Å². The van der Waals surface area contributed by atoms with Gasteiger partial charge in [0.1, 0.15) is 0 Å². The molecule has 1 heterocycles. The molecule has 218 valence electrons. The van der Waals surface area contributed by atoms with Crippen molar-refractivity contribution in [3.8, 4) is 56.0 Å². The molecule has 0 atom stereocenters. The zero-order chi connectivity index (χ0) is 31.0. The van der Waals surface area contributed by atoms with Crippen molar-refractivity contribution in [3.63, 3.8) is 0 Å². The Labute approximate surface area is 273 Å². The summed E-state index contributed by atoms with van der Waals surface area (Å²) in [5.41, 5.74) is 16.6. The van der Waals surface area contributed by atoms with Gasteiger partial charge in [0.05, 0.1) is 16.6 Å². The third-order valence-electron chi connectivity index (χ3n) is 10.1. The lowest BCUT2D eigenvalue weighted by atomic mass is 9.70. The molecule has 47 heavy (non-hydrogen) atoms. The second-order valence-electron chi connectivity index (χ2n) is 12.5. The molecule has 0 radical (unpaired) electrons. The third-order valence-corrected chi connectivity index (χ3v) is 10.1. The fourth-order valence-electron chi connectivity index (χ4n) is 8.12. The first-order chi connectivity index (χ1) is 23.3. The van der Waals surface area contributed by atoms with E-state index in [0.29, 0.717) is 0 Å². The average Bonchev–Trinajstić information content (AvgIpc) is 3.62. The molecule has 0 amide bonds. The number of aromatic nitrogens is 2. The van der Waals surface area contributed by atoms with Crippen LogP contribution in [0.4, 0.5) is 0 Å². The van der Waals surface area contributed by atoms with Gasteiger partial charge in [0.25, 0.3) is 0 Å². The molecular weight excluding hydrogens is 569 g/mol. The number of benzene rings is 7. The normalized spacial score (nSPS) is 13.3. The fourth-order valence-corrected chi connectivity index (χ4v) is 8.12. The Bertz CT molecular complexity index is 2450. The highest BCUT2D eigenvalue weighted by molar-refractivity contribution is 5.98. The molecule has 0 aliphatic heterocycles. The van der Waals surface area contributed by atoms with Crippen molar-refractivity contribution in [3.05, 3.63) is 192 Å². The first-order valence-electron chi connectivity index (χ1n) is 16.2. The number of fused-ring (bicyclic) bond motifs is 11. The van der Waals surface area contributed by atoms with E-state index in [0.717, 1.165) is 39.1 Å². The van der Waals surface area contributed by atoms with Crippen molar-refractivity contribution in [2.45, 2.75) is 5.41 Å². The molecule has 8 aromatic rings. The molecule has 0 saturated carbocycles. The molecule has 1 spiro atoms. The summed E-state index contributed by atoms with van der Waals surface area (Å²) in [6.45, 7) is 0. The highest BCUT2D eigenvalue weighted by atomic mass is 14.9. The standard InChI is InChI=1S/C45H28N2/c1-3-13-29(14-4-1)43-37-26-24-32(28-42(37)46-44(47-43)30-15-5-2-6-16-30)31-23-25-36-35-19-9-12-22-40(35)45(41(36)27-31)38-20-10-7-17-33(38)34-18-8-11-21-39(34)45/h1-28H. The Hall–Kier alpha value is -6.12. The summed E-state index contributed by atoms with van der Waals surface area (Å²) in [5, 5.41) is 1.04. The molecule has 0 saturated heterocycles. The maximum absolute atomic E-state index is 5.14. The van der Waals surface area contributed by atoms with Crippen molar-refractivity contribution < 1.29 is 0 Å². The maximum Gasteiger partial charge on any atom is 0.160 e. The number of nitrogens with zero attached hydrogens (tertiary/aromatic N) is 2. The van der Waals surface area contributed by atoms with Gasteiger partial charge in [0.2, 0.25) is 0 Å². The van der Waals surface area contributed by atoms with Crippen LogP contribution in [0.2, 0.25) is 0 Å². The largest absolute Gasteiger partial charge is 0.228 e. The van der Waals surface area contributed by atoms with Crippen LogP contribution in [0.3, 0.4) is 0 Å². The van der Waals surface area contributed by atoms with Crippen molar-refractivity contribution in [1.29, 1.82) is 0 Å². The van der Waals surface area contributed by atoms with Crippen molar-refractivity contribution >= 4 is 10.9 Å². The SMILES string of the molecule is c1ccc(-c2nc(-c3ccccc3)c3ccc(-c4ccc5c(c4)C4(c6ccccc6-c6ccccc64)c4ccccc4-5)cc3n2)cc1. The Kier molecular flexibility index (Phi) is 5.53. The Morgan fingerprint density at radius 1 is 0.340 bits per heavy atom. The van der Waals surface area contributed by atoms with E-state index in [1.54, 1.807) is 0 Å². The van der Waals surface area contributed by atoms with E-state index in [9.17, 15) is 0 Å². The molecule has 2 aliphatic rings. The lowest BCUT2D eigenvalue weighted by molar-refractivity contribution is 0.794. The summed E-state index contributed by atoms with van der Waals surface area (Å²) in [6.07, 6.45) is 0. The zero-order valence-electron chi connectivity index (χ0n) is 25.6. The summed E-state index contributed by atoms with van der Waals surface area (Å²) in [4.78, 5) is 10.2. The number of hydrogen-bond donors (Lipinski definition) is 0. The molecule has 7 aromatic carbocycles. The molecule has 10 rings (SSSR count). The minimum absolute atomic E-state index is 0.366. The topological polar surface area (TPSA) is 25.8 Å². The van der Waals surface area contributed by atoms with Gasteiger partial charge < -0.3 is 0 Å². The lowest BCUT2D eigenvalue weighted by Gasteiger charge is -2.30. The molecule has 2 aliphatic carbocycles. The van der Waals surface area contributed by atoms with Gasteiger partial charge in [-0.05, 0) is 73.8 Å². The molecule has 2 nitrogen and oxygen atoms in total. The van der Waals surface area contributed by atoms with E-state index in [4.69, 9.17) is 9.97 Å². The van der Waals surface area contributed by atoms with Crippen LogP contribution >= 0.6 is 0 Å². The monoisotopic (exact) mass is 596 g/mol. The molecule has 0 fully saturated rings. The lowest BCUT2D eigenvalue weighted by Crippen LogP contribution is -2.25. The van der Waals surface area contributed by atoms with Crippen LogP contribution in [0.25, 0.3) is 66.9 Å². The minimum Gasteiger partial charge on any atom is -0.228 e. The predicted molar refractivity (Wildman–Crippen MR) is 192 cm³/mol. The van der Waals surface area contributed by atoms with Gasteiger partial charge in [-0.15, -0.1) is 0 Å². The van der Waals surface area contributed by atoms with Crippen LogP contribution in [0.1, 0.15) is 22.3 Å². The quantitative estimate of drug-likeness (QED) is 0.203. The van der Waals surface area contributed by atoms with Crippen molar-refractivity contribution in [2.24, 2.45) is 0 Å². The number of hydrogen-bond acceptors (Lipinski definition) is 2. The van der Waals surface area contributed by atoms with Crippen LogP contribution < -0.4 is 0 Å². The van der Waals surface area contributed by atoms with Crippen LogP contribution in [0, 0.1) is 0 Å². The van der Waals surface area contributed by atoms with Gasteiger partial charge in [-0.3, -0.25) is 0 Å². The average molecular weight is 597 g/mol. The Morgan fingerprint density at radius 3 is 1.45 bits per heavy atom. The van der Waals surface area contributed by atoms with Gasteiger partial charge in [0.15, 0.2) is 5.82 Å². The van der Waals surface area contributed by atoms with Crippen molar-refractivity contribution in [1.82, 2.24) is 9.97 Å². The molecule has 0 N–H and O–H groups in total. The van der Waals surface area contributed by atoms with Gasteiger partial charge in [0, 0.05) is 16.5 Å². The van der Waals surface area contributed by atoms with Crippen LogP contribution in [0.15, 0.2) is 170 Å². The molecule has 1 aromatic heterocycles. The minimum atomic E-state index is -0.366. The second-order valence-corrected chi connectivity index (χ2v) is 12.5. The van der Waals surface area contributed by atoms with Gasteiger partial charge in [-0.2, -0.15) is 0 Å². The first kappa shape index (κ1) is 26.1. The van der Waals surface area contributed by atoms with Gasteiger partial charge >= 0.3 is 0 Å². The second kappa shape index (κ2) is 9.94. The van der Waals surface area contributed by atoms with E-state index in [1.807, 2.05) is 24.3 Å². The summed E-state index contributed by atoms with van der Waals surface area (Å²) < 4.78 is 0. The molecule has 2 heteroatoms. The third kappa shape index (κ3) is 3.67. The van der Waals surface area contributed by atoms with Crippen LogP contribution in [0.5, 0.6) is 0 Å². The fraction of sp³-hybridized carbons (Fsp3) is 0.0222. The Balaban J connectivity index is 1.21. The highest BCUT2D eigenvalue weighted by Gasteiger charge is 2.51. The van der Waals surface area contributed by atoms with E-state index < -0.39 is 0 Å². The van der Waals surface area contributed by atoms with E-state index in [-0.39, 0.29) is 5.41 Å². The predicted octanol–water partition coefficient (Wildman–Crippen LogP) is 11.0. The summed E-state index contributed by atoms with van der Waals surface area (Å²) in [7, 11) is 0. The van der Waals surface area contributed by atoms with E-state index in [1.165, 1.54) is 50.1 Å². The van der Waals surface area contributed by atoms with Crippen LogP contribution in [-0.2, 0) is 5.41 Å². The molecule has 0 bridgehead atoms. The number of rotatable bonds is 3. The molecular formula is C45H28N2. The summed E-state index contributed by atoms with van der Waals surface area (Å²) >= 11 is 0. The van der Waals surface area contributed by atoms with E-state index in [2.05, 4.69) is 146 Å². The van der Waals surface area contributed by atoms with Crippen molar-refractivity contribution in [2.75, 3.05) is 0 Å². The van der Waals surface area contributed by atoms with E-state index >= 15 is 0 Å². The summed E-state index contributed by atoms with van der Waals surface area (Å²) in [6, 6.07) is 61.3. The highest BCUT2D eigenvalue weighted by Crippen LogP contribution is 2.63. The van der Waals surface area contributed by atoms with Crippen LogP contribution in [-0.4, -0.2) is 9.97 Å². The summed E-state index contributed by atoms with van der Waals surface area (Å²) in [5.74, 6) is 0.733. The first-order valence-corrected chi connectivity index (χ1v) is 16.2. The molecule has 0 unspecified atom stereocenters.